The van der Waals surface area contributed by atoms with Gasteiger partial charge in [-0.25, -0.2) is 8.42 Å². The Balaban J connectivity index is 3.49. The van der Waals surface area contributed by atoms with Crippen molar-refractivity contribution in [2.45, 2.75) is 0 Å². The Hall–Kier alpha value is -2.03. The van der Waals surface area contributed by atoms with Gasteiger partial charge in [0.15, 0.2) is 0 Å². The molecule has 1 aromatic rings. The molecule has 0 atom stereocenters. The van der Waals surface area contributed by atoms with Crippen LogP contribution in [0.15, 0.2) is 12.1 Å². The second kappa shape index (κ2) is 5.08. The van der Waals surface area contributed by atoms with Crippen molar-refractivity contribution in [1.82, 2.24) is 0 Å². The van der Waals surface area contributed by atoms with Crippen molar-refractivity contribution in [3.63, 3.8) is 0 Å². The maximum atomic E-state index is 11.2. The lowest BCUT2D eigenvalue weighted by Crippen LogP contribution is -2.11. The standard InChI is InChI=1S/C9H12N2O6S/c1-16-6-4-7(10-18(3,14)15)9(11(12)13)8(5-6)17-2/h4-5,10H,1-3H3. The number of anilines is 1. The molecule has 0 aliphatic carbocycles. The van der Waals surface area contributed by atoms with Crippen molar-refractivity contribution in [3.05, 3.63) is 22.2 Å². The molecule has 0 bridgehead atoms. The summed E-state index contributed by atoms with van der Waals surface area (Å²) in [6, 6.07) is 2.51. The number of nitrogens with one attached hydrogen (secondary N) is 1. The fourth-order valence-electron chi connectivity index (χ4n) is 1.32. The molecule has 100 valence electrons. The van der Waals surface area contributed by atoms with Gasteiger partial charge in [0.1, 0.15) is 11.4 Å². The summed E-state index contributed by atoms with van der Waals surface area (Å²) >= 11 is 0. The number of hydrogen-bond acceptors (Lipinski definition) is 6. The van der Waals surface area contributed by atoms with E-state index in [1.807, 2.05) is 0 Å². The Labute approximate surface area is 104 Å². The summed E-state index contributed by atoms with van der Waals surface area (Å²) < 4.78 is 34.1. The number of sulfonamides is 1. The van der Waals surface area contributed by atoms with E-state index in [4.69, 9.17) is 9.47 Å². The van der Waals surface area contributed by atoms with Crippen LogP contribution in [-0.4, -0.2) is 33.8 Å². The van der Waals surface area contributed by atoms with Gasteiger partial charge in [0.05, 0.1) is 25.4 Å². The van der Waals surface area contributed by atoms with Crippen LogP contribution < -0.4 is 14.2 Å². The molecule has 1 aromatic carbocycles. The van der Waals surface area contributed by atoms with Gasteiger partial charge < -0.3 is 9.47 Å². The molecule has 0 spiro atoms. The van der Waals surface area contributed by atoms with E-state index in [1.165, 1.54) is 26.4 Å². The number of nitro benzene ring substituents is 1. The molecule has 0 aromatic heterocycles. The van der Waals surface area contributed by atoms with Crippen LogP contribution in [0.25, 0.3) is 0 Å². The molecule has 0 radical (unpaired) electrons. The molecular formula is C9H12N2O6S. The molecule has 0 saturated heterocycles. The van der Waals surface area contributed by atoms with Crippen LogP contribution in [0, 0.1) is 10.1 Å². The van der Waals surface area contributed by atoms with Gasteiger partial charge in [-0.15, -0.1) is 0 Å². The topological polar surface area (TPSA) is 108 Å². The smallest absolute Gasteiger partial charge is 0.335 e. The van der Waals surface area contributed by atoms with Crippen molar-refractivity contribution < 1.29 is 22.8 Å². The fraction of sp³-hybridized carbons (Fsp3) is 0.333. The SMILES string of the molecule is COc1cc(NS(C)(=O)=O)c([N+](=O)[O-])c(OC)c1. The Kier molecular flexibility index (Phi) is 3.96. The van der Waals surface area contributed by atoms with Crippen LogP contribution in [-0.2, 0) is 10.0 Å². The lowest BCUT2D eigenvalue weighted by Gasteiger charge is -2.10. The van der Waals surface area contributed by atoms with E-state index >= 15 is 0 Å². The summed E-state index contributed by atoms with van der Waals surface area (Å²) in [5, 5.41) is 10.9. The number of hydrogen-bond donors (Lipinski definition) is 1. The Bertz CT molecular complexity index is 569. The molecule has 0 fully saturated rings. The lowest BCUT2D eigenvalue weighted by molar-refractivity contribution is -0.384. The van der Waals surface area contributed by atoms with E-state index in [0.717, 1.165) is 6.26 Å². The van der Waals surface area contributed by atoms with E-state index in [0.29, 0.717) is 0 Å². The summed E-state index contributed by atoms with van der Waals surface area (Å²) in [4.78, 5) is 10.2. The molecule has 0 aliphatic heterocycles. The Morgan fingerprint density at radius 1 is 1.28 bits per heavy atom. The van der Waals surface area contributed by atoms with Gasteiger partial charge in [0, 0.05) is 12.1 Å². The predicted molar refractivity (Wildman–Crippen MR) is 64.7 cm³/mol. The van der Waals surface area contributed by atoms with E-state index in [-0.39, 0.29) is 17.2 Å². The highest BCUT2D eigenvalue weighted by molar-refractivity contribution is 7.92. The molecule has 1 N–H and O–H groups in total. The third kappa shape index (κ3) is 3.23. The molecular weight excluding hydrogens is 264 g/mol. The quantitative estimate of drug-likeness (QED) is 0.634. The monoisotopic (exact) mass is 276 g/mol. The second-order valence-electron chi connectivity index (χ2n) is 3.36. The van der Waals surface area contributed by atoms with E-state index in [1.54, 1.807) is 0 Å². The van der Waals surface area contributed by atoms with Gasteiger partial charge in [-0.2, -0.15) is 0 Å². The third-order valence-corrected chi connectivity index (χ3v) is 2.57. The van der Waals surface area contributed by atoms with Gasteiger partial charge in [-0.1, -0.05) is 0 Å². The van der Waals surface area contributed by atoms with Gasteiger partial charge in [-0.3, -0.25) is 14.8 Å². The maximum absolute atomic E-state index is 11.2. The molecule has 0 amide bonds. The maximum Gasteiger partial charge on any atom is 0.335 e. The average Bonchev–Trinajstić information content (AvgIpc) is 2.25. The van der Waals surface area contributed by atoms with Crippen molar-refractivity contribution >= 4 is 21.4 Å². The molecule has 9 heteroatoms. The van der Waals surface area contributed by atoms with Gasteiger partial charge in [0.2, 0.25) is 15.8 Å². The van der Waals surface area contributed by atoms with Crippen LogP contribution in [0.4, 0.5) is 11.4 Å². The number of nitrogens with zero attached hydrogens (tertiary/aromatic N) is 1. The van der Waals surface area contributed by atoms with Crippen molar-refractivity contribution in [2.24, 2.45) is 0 Å². The molecule has 0 unspecified atom stereocenters. The second-order valence-corrected chi connectivity index (χ2v) is 5.11. The van der Waals surface area contributed by atoms with Crippen molar-refractivity contribution in [3.8, 4) is 11.5 Å². The number of benzene rings is 1. The normalized spacial score (nSPS) is 10.8. The molecule has 0 aliphatic rings. The fourth-order valence-corrected chi connectivity index (χ4v) is 1.88. The zero-order chi connectivity index (χ0) is 13.9. The van der Waals surface area contributed by atoms with E-state index in [9.17, 15) is 18.5 Å². The summed E-state index contributed by atoms with van der Waals surface area (Å²) in [6.07, 6.45) is 0.892. The van der Waals surface area contributed by atoms with Crippen LogP contribution in [0.5, 0.6) is 11.5 Å². The first-order chi connectivity index (χ1) is 8.28. The largest absolute Gasteiger partial charge is 0.497 e. The predicted octanol–water partition coefficient (Wildman–Crippen LogP) is 0.983. The first-order valence-corrected chi connectivity index (χ1v) is 6.56. The van der Waals surface area contributed by atoms with Crippen LogP contribution in [0.1, 0.15) is 0 Å². The van der Waals surface area contributed by atoms with Crippen molar-refractivity contribution in [1.29, 1.82) is 0 Å². The number of methoxy groups -OCH3 is 2. The van der Waals surface area contributed by atoms with E-state index in [2.05, 4.69) is 4.72 Å². The molecule has 1 rings (SSSR count). The highest BCUT2D eigenvalue weighted by atomic mass is 32.2. The summed E-state index contributed by atoms with van der Waals surface area (Å²) in [5.74, 6) is 0.147. The molecule has 18 heavy (non-hydrogen) atoms. The van der Waals surface area contributed by atoms with Gasteiger partial charge in [0.25, 0.3) is 0 Å². The number of ether oxygens (including phenoxy) is 2. The summed E-state index contributed by atoms with van der Waals surface area (Å²) in [7, 11) is -1.05. The van der Waals surface area contributed by atoms with Crippen LogP contribution >= 0.6 is 0 Å². The zero-order valence-corrected chi connectivity index (χ0v) is 10.8. The number of rotatable bonds is 5. The minimum Gasteiger partial charge on any atom is -0.497 e. The highest BCUT2D eigenvalue weighted by Crippen LogP contribution is 2.39. The van der Waals surface area contributed by atoms with Crippen molar-refractivity contribution in [2.75, 3.05) is 25.2 Å². The summed E-state index contributed by atoms with van der Waals surface area (Å²) in [5.41, 5.74) is -0.678. The van der Waals surface area contributed by atoms with Crippen LogP contribution in [0.2, 0.25) is 0 Å². The number of nitro groups is 1. The average molecular weight is 276 g/mol. The summed E-state index contributed by atoms with van der Waals surface area (Å²) in [6.45, 7) is 0. The minimum atomic E-state index is -3.65. The van der Waals surface area contributed by atoms with Gasteiger partial charge in [-0.05, 0) is 0 Å². The third-order valence-electron chi connectivity index (χ3n) is 1.98. The molecule has 8 nitrogen and oxygen atoms in total. The first kappa shape index (κ1) is 14.0. The van der Waals surface area contributed by atoms with Crippen LogP contribution in [0.3, 0.4) is 0 Å². The Morgan fingerprint density at radius 3 is 2.28 bits per heavy atom. The lowest BCUT2D eigenvalue weighted by atomic mass is 10.2. The minimum absolute atomic E-state index is 0.0921. The van der Waals surface area contributed by atoms with Gasteiger partial charge >= 0.3 is 5.69 Å². The Morgan fingerprint density at radius 2 is 1.89 bits per heavy atom. The zero-order valence-electron chi connectivity index (χ0n) is 9.96. The molecule has 0 saturated carbocycles. The van der Waals surface area contributed by atoms with E-state index < -0.39 is 20.6 Å². The highest BCUT2D eigenvalue weighted by Gasteiger charge is 2.24. The molecule has 0 heterocycles. The first-order valence-electron chi connectivity index (χ1n) is 4.66.